The molecule has 11 atom stereocenters. The van der Waals surface area contributed by atoms with Gasteiger partial charge in [0.15, 0.2) is 12.2 Å². The van der Waals surface area contributed by atoms with Gasteiger partial charge < -0.3 is 34.3 Å². The molecule has 0 aromatic heterocycles. The van der Waals surface area contributed by atoms with Gasteiger partial charge in [0.05, 0.1) is 24.9 Å². The first kappa shape index (κ1) is 36.4. The van der Waals surface area contributed by atoms with Gasteiger partial charge in [0.25, 0.3) is 0 Å². The second kappa shape index (κ2) is 14.6. The highest BCUT2D eigenvalue weighted by molar-refractivity contribution is 5.88. The van der Waals surface area contributed by atoms with Gasteiger partial charge in [-0.15, -0.1) is 0 Å². The number of aliphatic hydroxyl groups excluding tert-OH is 3. The van der Waals surface area contributed by atoms with Crippen molar-refractivity contribution >= 4 is 11.9 Å². The highest BCUT2D eigenvalue weighted by atomic mass is 16.6. The van der Waals surface area contributed by atoms with E-state index in [0.29, 0.717) is 23.5 Å². The number of carbonyl (C=O) groups is 2. The molecule has 0 spiro atoms. The van der Waals surface area contributed by atoms with Crippen molar-refractivity contribution in [3.05, 3.63) is 34.9 Å². The van der Waals surface area contributed by atoms with Gasteiger partial charge in [0.2, 0.25) is 0 Å². The zero-order valence-corrected chi connectivity index (χ0v) is 28.3. The predicted molar refractivity (Wildman–Crippen MR) is 167 cm³/mol. The number of esters is 2. The van der Waals surface area contributed by atoms with Crippen LogP contribution in [0.2, 0.25) is 0 Å². The molecule has 0 aromatic rings. The maximum Gasteiger partial charge on any atom is 0.333 e. The molecule has 1 aliphatic heterocycles. The molecular weight excluding hydrogens is 564 g/mol. The van der Waals surface area contributed by atoms with Crippen LogP contribution in [0.25, 0.3) is 0 Å². The van der Waals surface area contributed by atoms with E-state index in [4.69, 9.17) is 18.9 Å². The van der Waals surface area contributed by atoms with Crippen molar-refractivity contribution in [3.8, 4) is 0 Å². The third-order valence-corrected chi connectivity index (χ3v) is 10.8. The van der Waals surface area contributed by atoms with Crippen LogP contribution in [0.1, 0.15) is 88.5 Å². The number of carbonyl (C=O) groups excluding carboxylic acids is 2. The Morgan fingerprint density at radius 3 is 2.09 bits per heavy atom. The summed E-state index contributed by atoms with van der Waals surface area (Å²) in [5, 5.41) is 33.4. The lowest BCUT2D eigenvalue weighted by atomic mass is 9.45. The SMILES string of the molecule is C/C=C(/C)C(=O)OC1C(O)[C@H](CO[C@H]2CC3([C@H](C)O)C(CC2(C)C)/C(=C/C)[C@@H](C)C[C@@H]3CO)OC(C)[C@@H]1OC(=O)/C(C)=C\C. The summed E-state index contributed by atoms with van der Waals surface area (Å²) in [4.78, 5) is 25.5. The Morgan fingerprint density at radius 1 is 1.02 bits per heavy atom. The van der Waals surface area contributed by atoms with Crippen molar-refractivity contribution in [2.75, 3.05) is 13.2 Å². The van der Waals surface area contributed by atoms with Gasteiger partial charge >= 0.3 is 11.9 Å². The summed E-state index contributed by atoms with van der Waals surface area (Å²) in [6.07, 6.45) is 1.45. The molecule has 3 aliphatic rings. The monoisotopic (exact) mass is 620 g/mol. The average molecular weight is 621 g/mol. The smallest absolute Gasteiger partial charge is 0.333 e. The first-order chi connectivity index (χ1) is 20.6. The van der Waals surface area contributed by atoms with Gasteiger partial charge in [-0.3, -0.25) is 0 Å². The molecule has 3 N–H and O–H groups in total. The maximum absolute atomic E-state index is 12.8. The van der Waals surface area contributed by atoms with E-state index >= 15 is 0 Å². The molecule has 3 fully saturated rings. The molecule has 250 valence electrons. The molecule has 0 aromatic carbocycles. The minimum absolute atomic E-state index is 0.00202. The fourth-order valence-corrected chi connectivity index (χ4v) is 7.83. The van der Waals surface area contributed by atoms with Crippen molar-refractivity contribution in [3.63, 3.8) is 0 Å². The van der Waals surface area contributed by atoms with Crippen LogP contribution in [0.15, 0.2) is 34.9 Å². The van der Waals surface area contributed by atoms with Crippen LogP contribution in [0.5, 0.6) is 0 Å². The van der Waals surface area contributed by atoms with Gasteiger partial charge in [-0.2, -0.15) is 0 Å². The third-order valence-electron chi connectivity index (χ3n) is 10.8. The second-order valence-electron chi connectivity index (χ2n) is 13.9. The predicted octanol–water partition coefficient (Wildman–Crippen LogP) is 4.67. The number of aliphatic hydroxyl groups is 3. The Balaban J connectivity index is 1.88. The fraction of sp³-hybridized carbons (Fsp3) is 0.771. The zero-order valence-electron chi connectivity index (χ0n) is 28.3. The van der Waals surface area contributed by atoms with Crippen LogP contribution in [0, 0.1) is 28.6 Å². The highest BCUT2D eigenvalue weighted by Gasteiger charge is 2.60. The summed E-state index contributed by atoms with van der Waals surface area (Å²) < 4.78 is 24.2. The summed E-state index contributed by atoms with van der Waals surface area (Å²) in [7, 11) is 0. The molecule has 2 aliphatic carbocycles. The van der Waals surface area contributed by atoms with Crippen LogP contribution in [0.3, 0.4) is 0 Å². The largest absolute Gasteiger partial charge is 0.452 e. The van der Waals surface area contributed by atoms with Crippen molar-refractivity contribution in [2.24, 2.45) is 28.6 Å². The molecule has 9 heteroatoms. The van der Waals surface area contributed by atoms with Crippen LogP contribution < -0.4 is 0 Å². The lowest BCUT2D eigenvalue weighted by Gasteiger charge is -2.61. The minimum Gasteiger partial charge on any atom is -0.452 e. The number of allylic oxidation sites excluding steroid dienone is 4. The molecule has 44 heavy (non-hydrogen) atoms. The second-order valence-corrected chi connectivity index (χ2v) is 13.9. The van der Waals surface area contributed by atoms with E-state index in [0.717, 1.165) is 12.8 Å². The van der Waals surface area contributed by atoms with Crippen molar-refractivity contribution in [1.82, 2.24) is 0 Å². The van der Waals surface area contributed by atoms with Crippen LogP contribution >= 0.6 is 0 Å². The van der Waals surface area contributed by atoms with E-state index in [9.17, 15) is 24.9 Å². The highest BCUT2D eigenvalue weighted by Crippen LogP contribution is 2.62. The molecular formula is C35H56O9. The van der Waals surface area contributed by atoms with E-state index in [2.05, 4.69) is 33.8 Å². The number of hydrogen-bond acceptors (Lipinski definition) is 9. The van der Waals surface area contributed by atoms with E-state index in [1.54, 1.807) is 46.8 Å². The molecule has 0 amide bonds. The molecule has 0 radical (unpaired) electrons. The molecule has 9 nitrogen and oxygen atoms in total. The fourth-order valence-electron chi connectivity index (χ4n) is 7.83. The third kappa shape index (κ3) is 7.02. The van der Waals surface area contributed by atoms with E-state index in [-0.39, 0.29) is 36.6 Å². The Hall–Kier alpha value is -2.04. The minimum atomic E-state index is -1.33. The quantitative estimate of drug-likeness (QED) is 0.191. The van der Waals surface area contributed by atoms with E-state index in [1.807, 2.05) is 6.92 Å². The normalized spacial score (nSPS) is 39.4. The lowest BCUT2D eigenvalue weighted by Crippen LogP contribution is -2.62. The summed E-state index contributed by atoms with van der Waals surface area (Å²) in [6.45, 7) is 18.8. The number of fused-ring (bicyclic) bond motifs is 1. The Kier molecular flexibility index (Phi) is 12.1. The maximum atomic E-state index is 12.8. The van der Waals surface area contributed by atoms with Gasteiger partial charge in [0.1, 0.15) is 12.2 Å². The van der Waals surface area contributed by atoms with E-state index in [1.165, 1.54) is 5.57 Å². The molecule has 2 saturated carbocycles. The van der Waals surface area contributed by atoms with Crippen molar-refractivity contribution < 1.29 is 43.9 Å². The van der Waals surface area contributed by atoms with Crippen molar-refractivity contribution in [2.45, 2.75) is 131 Å². The zero-order chi connectivity index (χ0) is 33.1. The first-order valence-electron chi connectivity index (χ1n) is 16.2. The van der Waals surface area contributed by atoms with Gasteiger partial charge in [-0.1, -0.05) is 44.6 Å². The number of hydrogen-bond donors (Lipinski definition) is 3. The standard InChI is InChI=1S/C35H56O9/c1-11-19(4)32(39)43-30-22(7)42-27(29(38)31(30)44-33(40)20(5)12-2)18-41-28-16-35(23(8)37)24(17-36)14-21(6)25(13-3)26(35)15-34(28,9)10/h11-13,21-24,26-31,36-38H,14-18H2,1-10H3/b19-11-,20-12-,25-13+/t21-,22?,23-,24+,26?,27-,28-,29?,30-,31?,35?/m0/s1. The summed E-state index contributed by atoms with van der Waals surface area (Å²) in [5.41, 5.74) is 1.24. The summed E-state index contributed by atoms with van der Waals surface area (Å²) in [5.74, 6) is -0.858. The van der Waals surface area contributed by atoms with Crippen LogP contribution in [-0.4, -0.2) is 83.2 Å². The number of rotatable bonds is 9. The van der Waals surface area contributed by atoms with Gasteiger partial charge in [-0.05, 0) is 90.9 Å². The van der Waals surface area contributed by atoms with Crippen LogP contribution in [-0.2, 0) is 28.5 Å². The van der Waals surface area contributed by atoms with E-state index < -0.39 is 54.0 Å². The Labute approximate surface area is 263 Å². The molecule has 1 saturated heterocycles. The van der Waals surface area contributed by atoms with Crippen LogP contribution in [0.4, 0.5) is 0 Å². The molecule has 5 unspecified atom stereocenters. The average Bonchev–Trinajstić information content (AvgIpc) is 2.97. The topological polar surface area (TPSA) is 132 Å². The van der Waals surface area contributed by atoms with Gasteiger partial charge in [0, 0.05) is 23.2 Å². The van der Waals surface area contributed by atoms with Gasteiger partial charge in [-0.25, -0.2) is 9.59 Å². The Bertz CT molecular complexity index is 1120. The number of ether oxygens (including phenoxy) is 4. The first-order valence-corrected chi connectivity index (χ1v) is 16.2. The Morgan fingerprint density at radius 2 is 1.59 bits per heavy atom. The molecule has 3 rings (SSSR count). The molecule has 1 heterocycles. The molecule has 0 bridgehead atoms. The summed E-state index contributed by atoms with van der Waals surface area (Å²) in [6, 6.07) is 0. The van der Waals surface area contributed by atoms with Crippen molar-refractivity contribution in [1.29, 1.82) is 0 Å². The summed E-state index contributed by atoms with van der Waals surface area (Å²) >= 11 is 0. The lowest BCUT2D eigenvalue weighted by molar-refractivity contribution is -0.252.